The van der Waals surface area contributed by atoms with Gasteiger partial charge in [0.15, 0.2) is 10.9 Å². The number of hydrogen-bond acceptors (Lipinski definition) is 7. The number of hydrogen-bond donors (Lipinski definition) is 0. The van der Waals surface area contributed by atoms with Gasteiger partial charge in [-0.05, 0) is 30.7 Å². The Kier molecular flexibility index (Phi) is 7.01. The second-order valence-electron chi connectivity index (χ2n) is 6.51. The number of carbonyl (C=O) groups is 1. The van der Waals surface area contributed by atoms with Crippen molar-refractivity contribution in [2.45, 2.75) is 24.3 Å². The van der Waals surface area contributed by atoms with E-state index in [1.165, 1.54) is 23.1 Å². The van der Waals surface area contributed by atoms with Crippen LogP contribution in [0.5, 0.6) is 0 Å². The molecule has 2 aromatic heterocycles. The molecule has 0 fully saturated rings. The Labute approximate surface area is 193 Å². The monoisotopic (exact) mass is 470 g/mol. The van der Waals surface area contributed by atoms with Crippen molar-refractivity contribution in [1.29, 1.82) is 0 Å². The first-order chi connectivity index (χ1) is 15.1. The van der Waals surface area contributed by atoms with Gasteiger partial charge in [0.25, 0.3) is 0 Å². The van der Waals surface area contributed by atoms with E-state index in [0.717, 1.165) is 27.2 Å². The maximum atomic E-state index is 11.9. The van der Waals surface area contributed by atoms with Gasteiger partial charge in [-0.3, -0.25) is 4.57 Å². The lowest BCUT2D eigenvalue weighted by atomic mass is 10.1. The average Bonchev–Trinajstić information content (AvgIpc) is 3.40. The van der Waals surface area contributed by atoms with Gasteiger partial charge in [0, 0.05) is 16.8 Å². The van der Waals surface area contributed by atoms with Crippen molar-refractivity contribution in [1.82, 2.24) is 19.7 Å². The summed E-state index contributed by atoms with van der Waals surface area (Å²) in [4.78, 5) is 16.2. The van der Waals surface area contributed by atoms with Crippen molar-refractivity contribution >= 4 is 40.7 Å². The van der Waals surface area contributed by atoms with Gasteiger partial charge in [-0.25, -0.2) is 9.78 Å². The molecule has 0 aliphatic heterocycles. The minimum atomic E-state index is -0.401. The van der Waals surface area contributed by atoms with E-state index in [2.05, 4.69) is 27.3 Å². The van der Waals surface area contributed by atoms with Gasteiger partial charge in [-0.2, -0.15) is 0 Å². The van der Waals surface area contributed by atoms with E-state index in [-0.39, 0.29) is 0 Å². The maximum absolute atomic E-state index is 11.9. The highest BCUT2D eigenvalue weighted by Gasteiger charge is 2.17. The van der Waals surface area contributed by atoms with Crippen LogP contribution in [-0.4, -0.2) is 32.3 Å². The van der Waals surface area contributed by atoms with Crippen molar-refractivity contribution in [2.24, 2.45) is 0 Å². The standard InChI is InChI=1S/C22H19ClN4O2S2/c1-2-29-21(28)18-13-30-20(24-18)14-31-22-26-25-19(11-15-7-4-3-5-8-15)27(22)17-10-6-9-16(23)12-17/h3-10,12-13H,2,11,14H2,1H3. The Morgan fingerprint density at radius 2 is 2.00 bits per heavy atom. The van der Waals surface area contributed by atoms with Gasteiger partial charge in [0.2, 0.25) is 0 Å². The van der Waals surface area contributed by atoms with E-state index >= 15 is 0 Å². The number of esters is 1. The molecule has 0 radical (unpaired) electrons. The SMILES string of the molecule is CCOC(=O)c1csc(CSc2nnc(Cc3ccccc3)n2-c2cccc(Cl)c2)n1. The number of aromatic nitrogens is 4. The van der Waals surface area contributed by atoms with Crippen LogP contribution >= 0.6 is 34.7 Å². The Bertz CT molecular complexity index is 1180. The lowest BCUT2D eigenvalue weighted by Gasteiger charge is -2.10. The Hall–Kier alpha value is -2.68. The predicted molar refractivity (Wildman–Crippen MR) is 123 cm³/mol. The fourth-order valence-electron chi connectivity index (χ4n) is 2.96. The highest BCUT2D eigenvalue weighted by molar-refractivity contribution is 7.98. The number of rotatable bonds is 8. The van der Waals surface area contributed by atoms with Gasteiger partial charge in [0.05, 0.1) is 18.0 Å². The van der Waals surface area contributed by atoms with Crippen molar-refractivity contribution in [3.8, 4) is 5.69 Å². The second kappa shape index (κ2) is 10.1. The molecule has 0 saturated carbocycles. The molecule has 9 heteroatoms. The quantitative estimate of drug-likeness (QED) is 0.252. The molecule has 4 aromatic rings. The molecule has 0 atom stereocenters. The summed E-state index contributed by atoms with van der Waals surface area (Å²) in [6.07, 6.45) is 0.644. The van der Waals surface area contributed by atoms with Gasteiger partial charge in [-0.1, -0.05) is 59.8 Å². The van der Waals surface area contributed by atoms with Gasteiger partial charge >= 0.3 is 5.97 Å². The van der Waals surface area contributed by atoms with Crippen LogP contribution in [0.15, 0.2) is 65.1 Å². The lowest BCUT2D eigenvalue weighted by Crippen LogP contribution is -2.05. The topological polar surface area (TPSA) is 69.9 Å². The van der Waals surface area contributed by atoms with E-state index in [4.69, 9.17) is 16.3 Å². The summed E-state index contributed by atoms with van der Waals surface area (Å²) in [5, 5.41) is 12.8. The van der Waals surface area contributed by atoms with Crippen LogP contribution in [0.1, 0.15) is 33.8 Å². The molecule has 2 aromatic carbocycles. The second-order valence-corrected chi connectivity index (χ2v) is 8.83. The molecule has 0 aliphatic carbocycles. The zero-order chi connectivity index (χ0) is 21.6. The Morgan fingerprint density at radius 1 is 1.16 bits per heavy atom. The number of thiazole rings is 1. The van der Waals surface area contributed by atoms with Crippen LogP contribution in [-0.2, 0) is 16.9 Å². The third-order valence-electron chi connectivity index (χ3n) is 4.33. The van der Waals surface area contributed by atoms with Crippen molar-refractivity contribution in [3.05, 3.63) is 87.1 Å². The zero-order valence-corrected chi connectivity index (χ0v) is 19.1. The molecule has 158 valence electrons. The molecular formula is C22H19ClN4O2S2. The first-order valence-corrected chi connectivity index (χ1v) is 11.9. The third-order valence-corrected chi connectivity index (χ3v) is 6.54. The van der Waals surface area contributed by atoms with Crippen LogP contribution in [0.3, 0.4) is 0 Å². The number of ether oxygens (including phenoxy) is 1. The molecule has 2 heterocycles. The number of thioether (sulfide) groups is 1. The molecule has 0 N–H and O–H groups in total. The molecule has 4 rings (SSSR count). The fourth-order valence-corrected chi connectivity index (χ4v) is 4.90. The molecule has 0 spiro atoms. The summed E-state index contributed by atoms with van der Waals surface area (Å²) >= 11 is 9.18. The van der Waals surface area contributed by atoms with Crippen LogP contribution in [0.4, 0.5) is 0 Å². The third kappa shape index (κ3) is 5.33. The molecule has 31 heavy (non-hydrogen) atoms. The van der Waals surface area contributed by atoms with Crippen molar-refractivity contribution < 1.29 is 9.53 Å². The summed E-state index contributed by atoms with van der Waals surface area (Å²) in [5.41, 5.74) is 2.38. The zero-order valence-electron chi connectivity index (χ0n) is 16.7. The normalized spacial score (nSPS) is 10.9. The number of carbonyl (C=O) groups excluding carboxylic acids is 1. The molecule has 0 saturated heterocycles. The van der Waals surface area contributed by atoms with E-state index in [1.54, 1.807) is 12.3 Å². The molecule has 0 aliphatic rings. The van der Waals surface area contributed by atoms with Gasteiger partial charge in [-0.15, -0.1) is 21.5 Å². The molecule has 6 nitrogen and oxygen atoms in total. The minimum Gasteiger partial charge on any atom is -0.461 e. The molecule has 0 unspecified atom stereocenters. The number of benzene rings is 2. The van der Waals surface area contributed by atoms with E-state index in [1.807, 2.05) is 47.0 Å². The van der Waals surface area contributed by atoms with E-state index in [0.29, 0.717) is 29.5 Å². The molecule has 0 amide bonds. The first-order valence-electron chi connectivity index (χ1n) is 9.62. The van der Waals surface area contributed by atoms with Crippen molar-refractivity contribution in [3.63, 3.8) is 0 Å². The summed E-state index contributed by atoms with van der Waals surface area (Å²) < 4.78 is 7.03. The first kappa shape index (κ1) is 21.5. The van der Waals surface area contributed by atoms with Crippen LogP contribution < -0.4 is 0 Å². The summed E-state index contributed by atoms with van der Waals surface area (Å²) in [6.45, 7) is 2.10. The van der Waals surface area contributed by atoms with Crippen LogP contribution in [0, 0.1) is 0 Å². The maximum Gasteiger partial charge on any atom is 0.357 e. The lowest BCUT2D eigenvalue weighted by molar-refractivity contribution is 0.0520. The minimum absolute atomic E-state index is 0.327. The summed E-state index contributed by atoms with van der Waals surface area (Å²) in [6, 6.07) is 17.8. The molecular weight excluding hydrogens is 452 g/mol. The van der Waals surface area contributed by atoms with E-state index in [9.17, 15) is 4.79 Å². The van der Waals surface area contributed by atoms with E-state index < -0.39 is 5.97 Å². The summed E-state index contributed by atoms with van der Waals surface area (Å²) in [5.74, 6) is 0.984. The molecule has 0 bridgehead atoms. The largest absolute Gasteiger partial charge is 0.461 e. The summed E-state index contributed by atoms with van der Waals surface area (Å²) in [7, 11) is 0. The number of halogens is 1. The van der Waals surface area contributed by atoms with Crippen LogP contribution in [0.25, 0.3) is 5.69 Å². The van der Waals surface area contributed by atoms with Crippen LogP contribution in [0.2, 0.25) is 5.02 Å². The van der Waals surface area contributed by atoms with Gasteiger partial charge in [0.1, 0.15) is 10.8 Å². The average molecular weight is 471 g/mol. The number of nitrogens with zero attached hydrogens (tertiary/aromatic N) is 4. The highest BCUT2D eigenvalue weighted by atomic mass is 35.5. The highest BCUT2D eigenvalue weighted by Crippen LogP contribution is 2.28. The fraction of sp³-hybridized carbons (Fsp3) is 0.182. The Morgan fingerprint density at radius 3 is 2.77 bits per heavy atom. The van der Waals surface area contributed by atoms with Crippen molar-refractivity contribution in [2.75, 3.05) is 6.61 Å². The van der Waals surface area contributed by atoms with Gasteiger partial charge < -0.3 is 4.74 Å². The Balaban J connectivity index is 1.59. The predicted octanol–water partition coefficient (Wildman–Crippen LogP) is 5.44. The smallest absolute Gasteiger partial charge is 0.357 e.